The van der Waals surface area contributed by atoms with E-state index in [1.807, 2.05) is 6.07 Å². The number of hydrogen-bond donors (Lipinski definition) is 0. The van der Waals surface area contributed by atoms with Crippen molar-refractivity contribution in [3.8, 4) is 0 Å². The van der Waals surface area contributed by atoms with Gasteiger partial charge in [0.15, 0.2) is 0 Å². The minimum Gasteiger partial charge on any atom is -0.123 e. The molecule has 2 heteroatoms. The SMILES string of the molecule is CC(C)C(Cl)CCc1ccccc1Br. The fraction of sp³-hybridized carbons (Fsp3) is 0.500. The predicted octanol–water partition coefficient (Wildman–Crippen LogP) is 4.65. The predicted molar refractivity (Wildman–Crippen MR) is 66.9 cm³/mol. The minimum absolute atomic E-state index is 0.280. The van der Waals surface area contributed by atoms with Crippen molar-refractivity contribution in [1.82, 2.24) is 0 Å². The summed E-state index contributed by atoms with van der Waals surface area (Å²) in [5, 5.41) is 0.280. The Labute approximate surface area is 99.8 Å². The second-order valence-electron chi connectivity index (χ2n) is 3.89. The summed E-state index contributed by atoms with van der Waals surface area (Å²) in [5.74, 6) is 0.555. The molecular weight excluding hydrogens is 259 g/mol. The number of aryl methyl sites for hydroxylation is 1. The average molecular weight is 276 g/mol. The van der Waals surface area contributed by atoms with Crippen LogP contribution < -0.4 is 0 Å². The first-order valence-electron chi connectivity index (χ1n) is 4.98. The molecule has 0 radical (unpaired) electrons. The molecule has 0 bridgehead atoms. The molecule has 0 saturated heterocycles. The van der Waals surface area contributed by atoms with E-state index in [4.69, 9.17) is 11.6 Å². The molecule has 1 atom stereocenters. The van der Waals surface area contributed by atoms with Gasteiger partial charge < -0.3 is 0 Å². The minimum atomic E-state index is 0.280. The van der Waals surface area contributed by atoms with E-state index in [9.17, 15) is 0 Å². The van der Waals surface area contributed by atoms with Gasteiger partial charge in [0.05, 0.1) is 0 Å². The van der Waals surface area contributed by atoms with Gasteiger partial charge in [-0.15, -0.1) is 11.6 Å². The van der Waals surface area contributed by atoms with Crippen LogP contribution in [0.25, 0.3) is 0 Å². The second kappa shape index (κ2) is 5.77. The van der Waals surface area contributed by atoms with Crippen LogP contribution in [0.1, 0.15) is 25.8 Å². The quantitative estimate of drug-likeness (QED) is 0.702. The van der Waals surface area contributed by atoms with Crippen LogP contribution in [0.2, 0.25) is 0 Å². The topological polar surface area (TPSA) is 0 Å². The zero-order valence-corrected chi connectivity index (χ0v) is 11.0. The van der Waals surface area contributed by atoms with Crippen molar-refractivity contribution in [2.45, 2.75) is 32.1 Å². The van der Waals surface area contributed by atoms with Crippen molar-refractivity contribution < 1.29 is 0 Å². The fourth-order valence-electron chi connectivity index (χ4n) is 1.33. The third kappa shape index (κ3) is 3.62. The molecule has 78 valence electrons. The highest BCUT2D eigenvalue weighted by molar-refractivity contribution is 9.10. The Morgan fingerprint density at radius 2 is 1.93 bits per heavy atom. The van der Waals surface area contributed by atoms with E-state index in [0.717, 1.165) is 12.8 Å². The highest BCUT2D eigenvalue weighted by Gasteiger charge is 2.09. The van der Waals surface area contributed by atoms with Crippen molar-refractivity contribution in [2.24, 2.45) is 5.92 Å². The summed E-state index contributed by atoms with van der Waals surface area (Å²) in [6.07, 6.45) is 2.09. The molecule has 0 aliphatic heterocycles. The molecule has 0 aliphatic carbocycles. The van der Waals surface area contributed by atoms with Gasteiger partial charge in [0.25, 0.3) is 0 Å². The van der Waals surface area contributed by atoms with Gasteiger partial charge in [-0.25, -0.2) is 0 Å². The Bertz CT molecular complexity index is 283. The number of alkyl halides is 1. The highest BCUT2D eigenvalue weighted by atomic mass is 79.9. The fourth-order valence-corrected chi connectivity index (χ4v) is 1.92. The molecule has 1 rings (SSSR count). The van der Waals surface area contributed by atoms with E-state index in [-0.39, 0.29) is 5.38 Å². The summed E-state index contributed by atoms with van der Waals surface area (Å²) in [5.41, 5.74) is 1.35. The molecular formula is C12H16BrCl. The zero-order valence-electron chi connectivity index (χ0n) is 8.63. The highest BCUT2D eigenvalue weighted by Crippen LogP contribution is 2.21. The lowest BCUT2D eigenvalue weighted by molar-refractivity contribution is 0.565. The monoisotopic (exact) mass is 274 g/mol. The van der Waals surface area contributed by atoms with E-state index in [1.165, 1.54) is 10.0 Å². The van der Waals surface area contributed by atoms with E-state index in [1.54, 1.807) is 0 Å². The van der Waals surface area contributed by atoms with Gasteiger partial charge in [0.1, 0.15) is 0 Å². The molecule has 0 aromatic heterocycles. The lowest BCUT2D eigenvalue weighted by atomic mass is 10.0. The lowest BCUT2D eigenvalue weighted by Crippen LogP contribution is -2.08. The van der Waals surface area contributed by atoms with E-state index >= 15 is 0 Å². The van der Waals surface area contributed by atoms with Crippen molar-refractivity contribution in [3.05, 3.63) is 34.3 Å². The molecule has 1 aromatic rings. The smallest absolute Gasteiger partial charge is 0.0362 e. The molecule has 0 N–H and O–H groups in total. The van der Waals surface area contributed by atoms with Crippen LogP contribution in [0.15, 0.2) is 28.7 Å². The maximum Gasteiger partial charge on any atom is 0.0362 e. The molecule has 0 spiro atoms. The normalized spacial score (nSPS) is 13.2. The van der Waals surface area contributed by atoms with Crippen LogP contribution in [0.3, 0.4) is 0 Å². The van der Waals surface area contributed by atoms with Crippen LogP contribution in [0.5, 0.6) is 0 Å². The summed E-state index contributed by atoms with van der Waals surface area (Å²) in [6.45, 7) is 4.33. The van der Waals surface area contributed by atoms with Crippen molar-refractivity contribution in [1.29, 1.82) is 0 Å². The summed E-state index contributed by atoms with van der Waals surface area (Å²) in [6, 6.07) is 8.33. The number of rotatable bonds is 4. The molecule has 0 amide bonds. The summed E-state index contributed by atoms with van der Waals surface area (Å²) < 4.78 is 1.19. The Morgan fingerprint density at radius 3 is 2.50 bits per heavy atom. The standard InChI is InChI=1S/C12H16BrCl/c1-9(2)12(14)8-7-10-5-3-4-6-11(10)13/h3-6,9,12H,7-8H2,1-2H3. The maximum atomic E-state index is 6.20. The van der Waals surface area contributed by atoms with Crippen LogP contribution in [0, 0.1) is 5.92 Å². The Hall–Kier alpha value is -0.0100. The molecule has 1 aromatic carbocycles. The van der Waals surface area contributed by atoms with Gasteiger partial charge in [0, 0.05) is 9.85 Å². The average Bonchev–Trinajstić information content (AvgIpc) is 2.16. The van der Waals surface area contributed by atoms with Crippen LogP contribution in [-0.4, -0.2) is 5.38 Å². The molecule has 0 heterocycles. The van der Waals surface area contributed by atoms with Crippen molar-refractivity contribution in [2.75, 3.05) is 0 Å². The van der Waals surface area contributed by atoms with E-state index in [2.05, 4.69) is 48.0 Å². The summed E-state index contributed by atoms with van der Waals surface area (Å²) >= 11 is 9.74. The Morgan fingerprint density at radius 1 is 1.29 bits per heavy atom. The van der Waals surface area contributed by atoms with Crippen LogP contribution in [-0.2, 0) is 6.42 Å². The largest absolute Gasteiger partial charge is 0.123 e. The van der Waals surface area contributed by atoms with Gasteiger partial charge in [-0.05, 0) is 30.4 Å². The molecule has 14 heavy (non-hydrogen) atoms. The lowest BCUT2D eigenvalue weighted by Gasteiger charge is -2.13. The first-order chi connectivity index (χ1) is 6.61. The zero-order chi connectivity index (χ0) is 10.6. The Kier molecular flexibility index (Phi) is 4.97. The van der Waals surface area contributed by atoms with Gasteiger partial charge in [-0.1, -0.05) is 48.0 Å². The molecule has 0 saturated carbocycles. The third-order valence-electron chi connectivity index (χ3n) is 2.37. The first-order valence-corrected chi connectivity index (χ1v) is 6.21. The van der Waals surface area contributed by atoms with Gasteiger partial charge >= 0.3 is 0 Å². The van der Waals surface area contributed by atoms with Gasteiger partial charge in [0.2, 0.25) is 0 Å². The second-order valence-corrected chi connectivity index (χ2v) is 5.31. The van der Waals surface area contributed by atoms with Gasteiger partial charge in [-0.3, -0.25) is 0 Å². The molecule has 0 nitrogen and oxygen atoms in total. The summed E-state index contributed by atoms with van der Waals surface area (Å²) in [7, 11) is 0. The number of benzene rings is 1. The molecule has 1 unspecified atom stereocenters. The third-order valence-corrected chi connectivity index (χ3v) is 3.87. The summed E-state index contributed by atoms with van der Waals surface area (Å²) in [4.78, 5) is 0. The van der Waals surface area contributed by atoms with Crippen molar-refractivity contribution >= 4 is 27.5 Å². The van der Waals surface area contributed by atoms with E-state index in [0.29, 0.717) is 5.92 Å². The molecule has 0 fully saturated rings. The maximum absolute atomic E-state index is 6.20. The van der Waals surface area contributed by atoms with Crippen LogP contribution >= 0.6 is 27.5 Å². The van der Waals surface area contributed by atoms with Crippen molar-refractivity contribution in [3.63, 3.8) is 0 Å². The molecule has 0 aliphatic rings. The first kappa shape index (κ1) is 12.1. The van der Waals surface area contributed by atoms with Crippen LogP contribution in [0.4, 0.5) is 0 Å². The van der Waals surface area contributed by atoms with E-state index < -0.39 is 0 Å². The Balaban J connectivity index is 2.50. The number of hydrogen-bond acceptors (Lipinski definition) is 0. The van der Waals surface area contributed by atoms with Gasteiger partial charge in [-0.2, -0.15) is 0 Å². The number of halogens is 2.